The molecule has 1 N–H and O–H groups in total. The van der Waals surface area contributed by atoms with E-state index in [4.69, 9.17) is 4.74 Å². The molecule has 2 nitrogen and oxygen atoms in total. The summed E-state index contributed by atoms with van der Waals surface area (Å²) < 4.78 is 5.36. The van der Waals surface area contributed by atoms with Gasteiger partial charge in [0.05, 0.1) is 13.2 Å². The number of ether oxygens (including phenoxy) is 1. The standard InChI is InChI=1S/C20H25NO/c1-5-13(2)15-6-8-18-17(11-15)12-19(21-18)16-7-9-20(22-4)14(3)10-16/h6-11,13,19,21H,5,12H2,1-4H3. The second-order valence-corrected chi connectivity index (χ2v) is 6.36. The number of aryl methyl sites for hydroxylation is 1. The Morgan fingerprint density at radius 1 is 1.23 bits per heavy atom. The van der Waals surface area contributed by atoms with E-state index in [9.17, 15) is 0 Å². The minimum Gasteiger partial charge on any atom is -0.496 e. The lowest BCUT2D eigenvalue weighted by atomic mass is 9.95. The zero-order chi connectivity index (χ0) is 15.7. The van der Waals surface area contributed by atoms with Crippen LogP contribution in [0.5, 0.6) is 5.75 Å². The quantitative estimate of drug-likeness (QED) is 0.834. The van der Waals surface area contributed by atoms with Crippen molar-refractivity contribution in [3.63, 3.8) is 0 Å². The van der Waals surface area contributed by atoms with Crippen molar-refractivity contribution in [2.75, 3.05) is 12.4 Å². The fourth-order valence-corrected chi connectivity index (χ4v) is 3.24. The highest BCUT2D eigenvalue weighted by atomic mass is 16.5. The average Bonchev–Trinajstić information content (AvgIpc) is 2.97. The van der Waals surface area contributed by atoms with Crippen LogP contribution in [0.15, 0.2) is 36.4 Å². The third-order valence-corrected chi connectivity index (χ3v) is 4.89. The predicted molar refractivity (Wildman–Crippen MR) is 92.9 cm³/mol. The van der Waals surface area contributed by atoms with Crippen LogP contribution < -0.4 is 10.1 Å². The van der Waals surface area contributed by atoms with Crippen molar-refractivity contribution in [3.8, 4) is 5.75 Å². The average molecular weight is 295 g/mol. The van der Waals surface area contributed by atoms with Crippen LogP contribution in [0.1, 0.15) is 54.5 Å². The van der Waals surface area contributed by atoms with E-state index in [2.05, 4.69) is 62.5 Å². The molecule has 0 spiro atoms. The molecular weight excluding hydrogens is 270 g/mol. The zero-order valence-corrected chi connectivity index (χ0v) is 13.9. The van der Waals surface area contributed by atoms with Gasteiger partial charge in [-0.2, -0.15) is 0 Å². The molecule has 2 atom stereocenters. The summed E-state index contributed by atoms with van der Waals surface area (Å²) in [5.41, 5.74) is 6.70. The van der Waals surface area contributed by atoms with E-state index in [1.165, 1.54) is 34.4 Å². The molecule has 0 saturated heterocycles. The van der Waals surface area contributed by atoms with Crippen molar-refractivity contribution >= 4 is 5.69 Å². The highest BCUT2D eigenvalue weighted by Crippen LogP contribution is 2.37. The number of rotatable bonds is 4. The monoisotopic (exact) mass is 295 g/mol. The molecule has 22 heavy (non-hydrogen) atoms. The summed E-state index contributed by atoms with van der Waals surface area (Å²) in [7, 11) is 1.72. The van der Waals surface area contributed by atoms with Crippen LogP contribution >= 0.6 is 0 Å². The van der Waals surface area contributed by atoms with Gasteiger partial charge in [0.2, 0.25) is 0 Å². The van der Waals surface area contributed by atoms with Gasteiger partial charge >= 0.3 is 0 Å². The molecule has 2 aromatic carbocycles. The third kappa shape index (κ3) is 2.70. The second kappa shape index (κ2) is 6.04. The maximum atomic E-state index is 5.36. The summed E-state index contributed by atoms with van der Waals surface area (Å²) in [4.78, 5) is 0. The van der Waals surface area contributed by atoms with Gasteiger partial charge in [0.15, 0.2) is 0 Å². The predicted octanol–water partition coefficient (Wildman–Crippen LogP) is 5.23. The topological polar surface area (TPSA) is 21.3 Å². The summed E-state index contributed by atoms with van der Waals surface area (Å²) in [6.45, 7) is 6.65. The van der Waals surface area contributed by atoms with E-state index >= 15 is 0 Å². The van der Waals surface area contributed by atoms with Gasteiger partial charge < -0.3 is 10.1 Å². The van der Waals surface area contributed by atoms with E-state index in [-0.39, 0.29) is 0 Å². The number of fused-ring (bicyclic) bond motifs is 1. The molecule has 1 aliphatic heterocycles. The van der Waals surface area contributed by atoms with Crippen LogP contribution in [0, 0.1) is 6.92 Å². The zero-order valence-electron chi connectivity index (χ0n) is 13.9. The smallest absolute Gasteiger partial charge is 0.121 e. The van der Waals surface area contributed by atoms with Crippen molar-refractivity contribution < 1.29 is 4.74 Å². The third-order valence-electron chi connectivity index (χ3n) is 4.89. The first kappa shape index (κ1) is 15.0. The lowest BCUT2D eigenvalue weighted by Gasteiger charge is -2.14. The van der Waals surface area contributed by atoms with Crippen LogP contribution in [0.2, 0.25) is 0 Å². The minimum absolute atomic E-state index is 0.367. The molecular formula is C20H25NO. The first-order chi connectivity index (χ1) is 10.6. The van der Waals surface area contributed by atoms with Gasteiger partial charge in [0.25, 0.3) is 0 Å². The van der Waals surface area contributed by atoms with Gasteiger partial charge in [-0.05, 0) is 60.1 Å². The molecule has 0 radical (unpaired) electrons. The SMILES string of the molecule is CCC(C)c1ccc2c(c1)CC(c1ccc(OC)c(C)c1)N2. The molecule has 3 rings (SSSR count). The number of hydrogen-bond acceptors (Lipinski definition) is 2. The van der Waals surface area contributed by atoms with E-state index in [1.54, 1.807) is 7.11 Å². The van der Waals surface area contributed by atoms with Crippen LogP contribution in [0.25, 0.3) is 0 Å². The van der Waals surface area contributed by atoms with Gasteiger partial charge in [0, 0.05) is 5.69 Å². The molecule has 2 heteroatoms. The summed E-state index contributed by atoms with van der Waals surface area (Å²) in [6, 6.07) is 13.7. The Hall–Kier alpha value is -1.96. The minimum atomic E-state index is 0.367. The van der Waals surface area contributed by atoms with Gasteiger partial charge in [-0.15, -0.1) is 0 Å². The second-order valence-electron chi connectivity index (χ2n) is 6.36. The Kier molecular flexibility index (Phi) is 4.10. The van der Waals surface area contributed by atoms with E-state index in [0.29, 0.717) is 12.0 Å². The van der Waals surface area contributed by atoms with Crippen molar-refractivity contribution in [2.24, 2.45) is 0 Å². The Morgan fingerprint density at radius 3 is 2.73 bits per heavy atom. The van der Waals surface area contributed by atoms with E-state index in [0.717, 1.165) is 12.2 Å². The van der Waals surface area contributed by atoms with Crippen LogP contribution in [-0.4, -0.2) is 7.11 Å². The van der Waals surface area contributed by atoms with Crippen molar-refractivity contribution in [3.05, 3.63) is 58.7 Å². The molecule has 1 aliphatic rings. The Labute approximate surface area is 133 Å². The largest absolute Gasteiger partial charge is 0.496 e. The van der Waals surface area contributed by atoms with Crippen molar-refractivity contribution in [1.29, 1.82) is 0 Å². The fourth-order valence-electron chi connectivity index (χ4n) is 3.24. The maximum absolute atomic E-state index is 5.36. The summed E-state index contributed by atoms with van der Waals surface area (Å²) in [5, 5.41) is 3.66. The number of benzene rings is 2. The first-order valence-electron chi connectivity index (χ1n) is 8.16. The Morgan fingerprint density at radius 2 is 2.05 bits per heavy atom. The number of nitrogens with one attached hydrogen (secondary N) is 1. The number of anilines is 1. The van der Waals surface area contributed by atoms with Crippen LogP contribution in [0.4, 0.5) is 5.69 Å². The summed E-state index contributed by atoms with van der Waals surface area (Å²) in [5.74, 6) is 1.59. The molecule has 116 valence electrons. The number of hydrogen-bond donors (Lipinski definition) is 1. The lowest BCUT2D eigenvalue weighted by molar-refractivity contribution is 0.411. The number of methoxy groups -OCH3 is 1. The molecule has 0 bridgehead atoms. The van der Waals surface area contributed by atoms with Gasteiger partial charge in [-0.25, -0.2) is 0 Å². The molecule has 0 aromatic heterocycles. The molecule has 2 unspecified atom stereocenters. The highest BCUT2D eigenvalue weighted by molar-refractivity contribution is 5.60. The summed E-state index contributed by atoms with van der Waals surface area (Å²) >= 11 is 0. The van der Waals surface area contributed by atoms with E-state index < -0.39 is 0 Å². The molecule has 0 amide bonds. The van der Waals surface area contributed by atoms with Gasteiger partial charge in [-0.3, -0.25) is 0 Å². The van der Waals surface area contributed by atoms with Crippen LogP contribution in [-0.2, 0) is 6.42 Å². The highest BCUT2D eigenvalue weighted by Gasteiger charge is 2.23. The lowest BCUT2D eigenvalue weighted by Crippen LogP contribution is -2.06. The first-order valence-corrected chi connectivity index (χ1v) is 8.16. The summed E-state index contributed by atoms with van der Waals surface area (Å²) in [6.07, 6.45) is 2.25. The van der Waals surface area contributed by atoms with Crippen molar-refractivity contribution in [2.45, 2.75) is 45.6 Å². The maximum Gasteiger partial charge on any atom is 0.121 e. The van der Waals surface area contributed by atoms with Crippen molar-refractivity contribution in [1.82, 2.24) is 0 Å². The normalized spacial score (nSPS) is 17.7. The van der Waals surface area contributed by atoms with Gasteiger partial charge in [-0.1, -0.05) is 38.1 Å². The Bertz CT molecular complexity index is 677. The molecule has 0 aliphatic carbocycles. The fraction of sp³-hybridized carbons (Fsp3) is 0.400. The molecule has 1 heterocycles. The van der Waals surface area contributed by atoms with E-state index in [1.807, 2.05) is 0 Å². The molecule has 0 saturated carbocycles. The van der Waals surface area contributed by atoms with Crippen LogP contribution in [0.3, 0.4) is 0 Å². The molecule has 2 aromatic rings. The Balaban J connectivity index is 1.83. The van der Waals surface area contributed by atoms with Gasteiger partial charge in [0.1, 0.15) is 5.75 Å². The molecule has 0 fully saturated rings.